The number of amides is 1. The van der Waals surface area contributed by atoms with Gasteiger partial charge in [0.05, 0.1) is 0 Å². The minimum absolute atomic E-state index is 0.00678. The smallest absolute Gasteiger partial charge is 0.282 e. The number of carbonyl (C=O) groups is 1. The van der Waals surface area contributed by atoms with Crippen LogP contribution in [0.2, 0.25) is 4.47 Å². The fraction of sp³-hybridized carbons (Fsp3) is 0.625. The van der Waals surface area contributed by atoms with Crippen LogP contribution in [0.15, 0.2) is 0 Å². The highest BCUT2D eigenvalue weighted by molar-refractivity contribution is 7.17. The van der Waals surface area contributed by atoms with Gasteiger partial charge in [-0.1, -0.05) is 11.3 Å². The van der Waals surface area contributed by atoms with Crippen LogP contribution >= 0.6 is 22.9 Å². The van der Waals surface area contributed by atoms with E-state index in [0.29, 0.717) is 6.42 Å². The van der Waals surface area contributed by atoms with Gasteiger partial charge in [0.25, 0.3) is 5.91 Å². The average molecular weight is 250 g/mol. The molecule has 1 atom stereocenters. The second-order valence-corrected chi connectivity index (χ2v) is 4.66. The third-order valence-electron chi connectivity index (χ3n) is 1.77. The van der Waals surface area contributed by atoms with E-state index in [4.69, 9.17) is 16.7 Å². The highest BCUT2D eigenvalue weighted by atomic mass is 35.5. The van der Waals surface area contributed by atoms with Crippen molar-refractivity contribution < 1.29 is 9.90 Å². The van der Waals surface area contributed by atoms with E-state index in [9.17, 15) is 4.79 Å². The molecule has 1 aromatic heterocycles. The summed E-state index contributed by atoms with van der Waals surface area (Å²) in [7, 11) is 0. The molecule has 0 aliphatic heterocycles. The van der Waals surface area contributed by atoms with Crippen LogP contribution in [0.5, 0.6) is 0 Å². The predicted molar refractivity (Wildman–Crippen MR) is 58.2 cm³/mol. The Hall–Kier alpha value is -0.720. The molecule has 1 amide bonds. The minimum atomic E-state index is -0.273. The summed E-state index contributed by atoms with van der Waals surface area (Å²) < 4.78 is 0.253. The van der Waals surface area contributed by atoms with Gasteiger partial charge in [-0.05, 0) is 31.4 Å². The van der Waals surface area contributed by atoms with Gasteiger partial charge in [-0.15, -0.1) is 10.2 Å². The molecule has 1 heterocycles. The molecule has 84 valence electrons. The zero-order chi connectivity index (χ0) is 11.3. The summed E-state index contributed by atoms with van der Waals surface area (Å²) in [6.07, 6.45) is 1.40. The Morgan fingerprint density at radius 2 is 2.40 bits per heavy atom. The van der Waals surface area contributed by atoms with Gasteiger partial charge in [-0.25, -0.2) is 0 Å². The lowest BCUT2D eigenvalue weighted by Gasteiger charge is -2.11. The van der Waals surface area contributed by atoms with Crippen LogP contribution in [0, 0.1) is 0 Å². The first kappa shape index (κ1) is 12.4. The van der Waals surface area contributed by atoms with Crippen molar-refractivity contribution in [2.24, 2.45) is 0 Å². The summed E-state index contributed by atoms with van der Waals surface area (Å²) in [5.74, 6) is -0.273. The van der Waals surface area contributed by atoms with Crippen LogP contribution < -0.4 is 5.32 Å². The molecule has 0 spiro atoms. The number of aliphatic hydroxyl groups excluding tert-OH is 1. The van der Waals surface area contributed by atoms with Crippen molar-refractivity contribution in [3.05, 3.63) is 9.47 Å². The largest absolute Gasteiger partial charge is 0.396 e. The predicted octanol–water partition coefficient (Wildman–Crippen LogP) is 1.08. The summed E-state index contributed by atoms with van der Waals surface area (Å²) in [6.45, 7) is 2.00. The molecule has 5 nitrogen and oxygen atoms in total. The van der Waals surface area contributed by atoms with Crippen LogP contribution in [0.25, 0.3) is 0 Å². The topological polar surface area (TPSA) is 75.1 Å². The molecule has 7 heteroatoms. The molecular formula is C8H12ClN3O2S. The number of hydrogen-bond acceptors (Lipinski definition) is 5. The molecule has 0 radical (unpaired) electrons. The van der Waals surface area contributed by atoms with Gasteiger partial charge < -0.3 is 10.4 Å². The number of nitrogens with zero attached hydrogens (tertiary/aromatic N) is 2. The lowest BCUT2D eigenvalue weighted by atomic mass is 10.2. The van der Waals surface area contributed by atoms with Crippen LogP contribution in [0.3, 0.4) is 0 Å². The van der Waals surface area contributed by atoms with E-state index in [2.05, 4.69) is 15.5 Å². The van der Waals surface area contributed by atoms with Crippen molar-refractivity contribution >= 4 is 28.8 Å². The number of hydrogen-bond donors (Lipinski definition) is 2. The van der Waals surface area contributed by atoms with Gasteiger partial charge in [0.1, 0.15) is 0 Å². The summed E-state index contributed by atoms with van der Waals surface area (Å²) in [5, 5.41) is 18.8. The first-order valence-electron chi connectivity index (χ1n) is 4.54. The molecule has 0 saturated heterocycles. The number of nitrogens with one attached hydrogen (secondary N) is 1. The molecule has 0 aliphatic rings. The molecule has 1 aromatic rings. The fourth-order valence-electron chi connectivity index (χ4n) is 1.05. The van der Waals surface area contributed by atoms with Gasteiger partial charge in [-0.2, -0.15) is 0 Å². The van der Waals surface area contributed by atoms with Crippen molar-refractivity contribution in [3.8, 4) is 0 Å². The maximum Gasteiger partial charge on any atom is 0.282 e. The van der Waals surface area contributed by atoms with E-state index in [1.54, 1.807) is 0 Å². The highest BCUT2D eigenvalue weighted by Crippen LogP contribution is 2.14. The van der Waals surface area contributed by atoms with Gasteiger partial charge in [-0.3, -0.25) is 4.79 Å². The SMILES string of the molecule is CC(CCCO)NC(=O)c1nnc(Cl)s1. The van der Waals surface area contributed by atoms with Crippen LogP contribution in [0.4, 0.5) is 0 Å². The Labute approximate surface area is 96.5 Å². The Balaban J connectivity index is 2.42. The fourth-order valence-corrected chi connectivity index (χ4v) is 1.78. The zero-order valence-corrected chi connectivity index (χ0v) is 9.81. The Kier molecular flexibility index (Phi) is 4.93. The molecule has 2 N–H and O–H groups in total. The Morgan fingerprint density at radius 3 is 2.93 bits per heavy atom. The summed E-state index contributed by atoms with van der Waals surface area (Å²) in [4.78, 5) is 11.5. The van der Waals surface area contributed by atoms with Crippen LogP contribution in [-0.2, 0) is 0 Å². The first-order chi connectivity index (χ1) is 7.13. The van der Waals surface area contributed by atoms with Crippen LogP contribution in [-0.4, -0.2) is 33.9 Å². The van der Waals surface area contributed by atoms with Gasteiger partial charge in [0.15, 0.2) is 0 Å². The summed E-state index contributed by atoms with van der Waals surface area (Å²) in [6, 6.07) is 0.00678. The van der Waals surface area contributed by atoms with Crippen molar-refractivity contribution in [2.75, 3.05) is 6.61 Å². The first-order valence-corrected chi connectivity index (χ1v) is 5.73. The van der Waals surface area contributed by atoms with Gasteiger partial charge in [0.2, 0.25) is 9.47 Å². The van der Waals surface area contributed by atoms with Crippen molar-refractivity contribution in [2.45, 2.75) is 25.8 Å². The second-order valence-electron chi connectivity index (χ2n) is 3.10. The van der Waals surface area contributed by atoms with Crippen molar-refractivity contribution in [1.29, 1.82) is 0 Å². The minimum Gasteiger partial charge on any atom is -0.396 e. The molecule has 0 aliphatic carbocycles. The zero-order valence-electron chi connectivity index (χ0n) is 8.23. The lowest BCUT2D eigenvalue weighted by molar-refractivity contribution is 0.0935. The Bertz CT molecular complexity index is 331. The van der Waals surface area contributed by atoms with E-state index in [-0.39, 0.29) is 28.0 Å². The van der Waals surface area contributed by atoms with E-state index >= 15 is 0 Å². The van der Waals surface area contributed by atoms with Gasteiger partial charge >= 0.3 is 0 Å². The molecule has 1 rings (SSSR count). The maximum absolute atomic E-state index is 11.5. The molecule has 0 fully saturated rings. The molecule has 0 bridgehead atoms. The quantitative estimate of drug-likeness (QED) is 0.819. The van der Waals surface area contributed by atoms with E-state index < -0.39 is 0 Å². The maximum atomic E-state index is 11.5. The number of rotatable bonds is 5. The number of aliphatic hydroxyl groups is 1. The van der Waals surface area contributed by atoms with E-state index in [1.165, 1.54) is 0 Å². The number of halogens is 1. The molecule has 15 heavy (non-hydrogen) atoms. The standard InChI is InChI=1S/C8H12ClN3O2S/c1-5(3-2-4-13)10-6(14)7-11-12-8(9)15-7/h5,13H,2-4H2,1H3,(H,10,14). The summed E-state index contributed by atoms with van der Waals surface area (Å²) >= 11 is 6.60. The second kappa shape index (κ2) is 5.99. The third kappa shape index (κ3) is 4.11. The van der Waals surface area contributed by atoms with Crippen molar-refractivity contribution in [1.82, 2.24) is 15.5 Å². The normalized spacial score (nSPS) is 12.5. The lowest BCUT2D eigenvalue weighted by Crippen LogP contribution is -2.32. The van der Waals surface area contributed by atoms with Crippen molar-refractivity contribution in [3.63, 3.8) is 0 Å². The summed E-state index contributed by atoms with van der Waals surface area (Å²) in [5.41, 5.74) is 0. The third-order valence-corrected chi connectivity index (χ3v) is 2.78. The highest BCUT2D eigenvalue weighted by Gasteiger charge is 2.13. The molecule has 0 saturated carbocycles. The van der Waals surface area contributed by atoms with Gasteiger partial charge in [0, 0.05) is 12.6 Å². The molecule has 0 aromatic carbocycles. The van der Waals surface area contributed by atoms with E-state index in [0.717, 1.165) is 17.8 Å². The average Bonchev–Trinajstić information content (AvgIpc) is 2.61. The monoisotopic (exact) mass is 249 g/mol. The van der Waals surface area contributed by atoms with Crippen LogP contribution in [0.1, 0.15) is 29.6 Å². The number of carbonyl (C=O) groups excluding carboxylic acids is 1. The van der Waals surface area contributed by atoms with E-state index in [1.807, 2.05) is 6.92 Å². The molecule has 1 unspecified atom stereocenters. The number of aromatic nitrogens is 2. The Morgan fingerprint density at radius 1 is 1.67 bits per heavy atom. The molecular weight excluding hydrogens is 238 g/mol.